The Labute approximate surface area is 149 Å². The van der Waals surface area contributed by atoms with Crippen LogP contribution >= 0.6 is 11.8 Å². The van der Waals surface area contributed by atoms with Gasteiger partial charge >= 0.3 is 0 Å². The second-order valence-electron chi connectivity index (χ2n) is 5.95. The molecule has 25 heavy (non-hydrogen) atoms. The molecule has 128 valence electrons. The normalized spacial score (nSPS) is 12.3. The van der Waals surface area contributed by atoms with Crippen molar-refractivity contribution in [2.24, 2.45) is 5.73 Å². The molecule has 5 nitrogen and oxygen atoms in total. The van der Waals surface area contributed by atoms with E-state index in [1.165, 1.54) is 11.8 Å². The van der Waals surface area contributed by atoms with Crippen molar-refractivity contribution in [1.82, 2.24) is 9.55 Å². The highest BCUT2D eigenvalue weighted by molar-refractivity contribution is 8.00. The van der Waals surface area contributed by atoms with Gasteiger partial charge in [0.05, 0.1) is 21.8 Å². The lowest BCUT2D eigenvalue weighted by molar-refractivity contribution is -0.117. The number of hydrogen-bond acceptors (Lipinski definition) is 4. The van der Waals surface area contributed by atoms with E-state index < -0.39 is 11.2 Å². The molecule has 0 aliphatic heterocycles. The van der Waals surface area contributed by atoms with Crippen molar-refractivity contribution >= 4 is 28.6 Å². The molecule has 3 aromatic rings. The molecule has 1 amide bonds. The number of benzene rings is 2. The first-order chi connectivity index (χ1) is 11.9. The maximum absolute atomic E-state index is 13.2. The topological polar surface area (TPSA) is 78.0 Å². The van der Waals surface area contributed by atoms with E-state index in [0.29, 0.717) is 16.1 Å². The summed E-state index contributed by atoms with van der Waals surface area (Å²) in [6.07, 6.45) is 0. The highest BCUT2D eigenvalue weighted by atomic mass is 32.2. The van der Waals surface area contributed by atoms with Gasteiger partial charge in [0.1, 0.15) is 0 Å². The molecule has 0 fully saturated rings. The van der Waals surface area contributed by atoms with Crippen LogP contribution in [0.15, 0.2) is 52.4 Å². The number of aryl methyl sites for hydroxylation is 2. The van der Waals surface area contributed by atoms with Gasteiger partial charge in [0.15, 0.2) is 5.16 Å². The molecule has 1 atom stereocenters. The summed E-state index contributed by atoms with van der Waals surface area (Å²) in [4.78, 5) is 29.4. The summed E-state index contributed by atoms with van der Waals surface area (Å²) < 4.78 is 1.59. The lowest BCUT2D eigenvalue weighted by atomic mass is 10.1. The van der Waals surface area contributed by atoms with Crippen molar-refractivity contribution in [3.8, 4) is 5.69 Å². The van der Waals surface area contributed by atoms with Crippen molar-refractivity contribution in [1.29, 1.82) is 0 Å². The summed E-state index contributed by atoms with van der Waals surface area (Å²) in [7, 11) is 0. The van der Waals surface area contributed by atoms with Crippen LogP contribution in [0.25, 0.3) is 16.6 Å². The van der Waals surface area contributed by atoms with Gasteiger partial charge in [0.25, 0.3) is 5.56 Å². The number of para-hydroxylation sites is 2. The van der Waals surface area contributed by atoms with Gasteiger partial charge in [-0.2, -0.15) is 0 Å². The first kappa shape index (κ1) is 17.2. The van der Waals surface area contributed by atoms with Crippen molar-refractivity contribution in [2.45, 2.75) is 31.2 Å². The average molecular weight is 353 g/mol. The first-order valence-electron chi connectivity index (χ1n) is 7.94. The second-order valence-corrected chi connectivity index (χ2v) is 7.26. The van der Waals surface area contributed by atoms with E-state index in [-0.39, 0.29) is 5.56 Å². The zero-order valence-electron chi connectivity index (χ0n) is 14.3. The van der Waals surface area contributed by atoms with E-state index in [1.54, 1.807) is 23.6 Å². The SMILES string of the molecule is Cc1cccc(C)c1-n1c(S[C@@H](C)C(N)=O)nc2ccccc2c1=O. The Morgan fingerprint density at radius 3 is 2.40 bits per heavy atom. The van der Waals surface area contributed by atoms with Crippen molar-refractivity contribution in [2.75, 3.05) is 0 Å². The highest BCUT2D eigenvalue weighted by Crippen LogP contribution is 2.27. The Kier molecular flexibility index (Phi) is 4.63. The number of rotatable bonds is 4. The van der Waals surface area contributed by atoms with E-state index in [2.05, 4.69) is 4.98 Å². The van der Waals surface area contributed by atoms with E-state index >= 15 is 0 Å². The fourth-order valence-corrected chi connectivity index (χ4v) is 3.63. The fourth-order valence-electron chi connectivity index (χ4n) is 2.76. The smallest absolute Gasteiger partial charge is 0.266 e. The Balaban J connectivity index is 2.37. The predicted molar refractivity (Wildman–Crippen MR) is 101 cm³/mol. The number of carbonyl (C=O) groups is 1. The Hall–Kier alpha value is -2.60. The lowest BCUT2D eigenvalue weighted by Crippen LogP contribution is -2.27. The molecule has 3 rings (SSSR count). The molecule has 0 saturated heterocycles. The fraction of sp³-hybridized carbons (Fsp3) is 0.211. The zero-order valence-corrected chi connectivity index (χ0v) is 15.1. The number of primary amides is 1. The summed E-state index contributed by atoms with van der Waals surface area (Å²) >= 11 is 1.20. The summed E-state index contributed by atoms with van der Waals surface area (Å²) in [6.45, 7) is 5.62. The van der Waals surface area contributed by atoms with E-state index in [9.17, 15) is 9.59 Å². The van der Waals surface area contributed by atoms with Crippen LogP contribution in [0, 0.1) is 13.8 Å². The van der Waals surface area contributed by atoms with Gasteiger partial charge < -0.3 is 5.73 Å². The van der Waals surface area contributed by atoms with Gasteiger partial charge in [-0.15, -0.1) is 0 Å². The maximum atomic E-state index is 13.2. The van der Waals surface area contributed by atoms with Crippen LogP contribution < -0.4 is 11.3 Å². The molecule has 2 N–H and O–H groups in total. The van der Waals surface area contributed by atoms with Crippen LogP contribution in [0.3, 0.4) is 0 Å². The van der Waals surface area contributed by atoms with E-state index in [0.717, 1.165) is 16.8 Å². The molecular formula is C19H19N3O2S. The van der Waals surface area contributed by atoms with Crippen LogP contribution in [-0.4, -0.2) is 20.7 Å². The lowest BCUT2D eigenvalue weighted by Gasteiger charge is -2.18. The molecule has 0 radical (unpaired) electrons. The predicted octanol–water partition coefficient (Wildman–Crippen LogP) is 2.97. The highest BCUT2D eigenvalue weighted by Gasteiger charge is 2.20. The zero-order chi connectivity index (χ0) is 18.1. The Morgan fingerprint density at radius 2 is 1.76 bits per heavy atom. The third-order valence-electron chi connectivity index (χ3n) is 4.09. The van der Waals surface area contributed by atoms with Gasteiger partial charge in [0, 0.05) is 0 Å². The molecule has 2 aromatic carbocycles. The van der Waals surface area contributed by atoms with Crippen LogP contribution in [-0.2, 0) is 4.79 Å². The van der Waals surface area contributed by atoms with Crippen molar-refractivity contribution in [3.63, 3.8) is 0 Å². The summed E-state index contributed by atoms with van der Waals surface area (Å²) in [5.74, 6) is -0.444. The van der Waals surface area contributed by atoms with Gasteiger partial charge in [-0.25, -0.2) is 4.98 Å². The monoisotopic (exact) mass is 353 g/mol. The number of thioether (sulfide) groups is 1. The quantitative estimate of drug-likeness (QED) is 0.578. The number of nitrogens with two attached hydrogens (primary N) is 1. The minimum atomic E-state index is -0.497. The minimum absolute atomic E-state index is 0.151. The molecular weight excluding hydrogens is 334 g/mol. The third-order valence-corrected chi connectivity index (χ3v) is 5.16. The van der Waals surface area contributed by atoms with E-state index in [1.807, 2.05) is 44.2 Å². The van der Waals surface area contributed by atoms with Crippen molar-refractivity contribution < 1.29 is 4.79 Å². The number of carbonyl (C=O) groups excluding carboxylic acids is 1. The van der Waals surface area contributed by atoms with Gasteiger partial charge in [-0.3, -0.25) is 14.2 Å². The molecule has 0 aliphatic rings. The molecule has 0 aliphatic carbocycles. The first-order valence-corrected chi connectivity index (χ1v) is 8.82. The number of fused-ring (bicyclic) bond motifs is 1. The standard InChI is InChI=1S/C19H19N3O2S/c1-11-7-6-8-12(2)16(11)22-18(24)14-9-4-5-10-15(14)21-19(22)25-13(3)17(20)23/h4-10,13H,1-3H3,(H2,20,23)/t13-/m0/s1. The molecule has 0 spiro atoms. The number of nitrogens with zero attached hydrogens (tertiary/aromatic N) is 2. The van der Waals surface area contributed by atoms with Crippen molar-refractivity contribution in [3.05, 3.63) is 63.9 Å². The number of amides is 1. The maximum Gasteiger partial charge on any atom is 0.266 e. The number of hydrogen-bond donors (Lipinski definition) is 1. The molecule has 0 saturated carbocycles. The average Bonchev–Trinajstić information content (AvgIpc) is 2.57. The molecule has 6 heteroatoms. The second kappa shape index (κ2) is 6.72. The number of aromatic nitrogens is 2. The van der Waals surface area contributed by atoms with Crippen LogP contribution in [0.2, 0.25) is 0 Å². The van der Waals surface area contributed by atoms with Gasteiger partial charge in [-0.1, -0.05) is 42.1 Å². The molecule has 0 unspecified atom stereocenters. The summed E-state index contributed by atoms with van der Waals surface area (Å²) in [5.41, 5.74) is 8.59. The summed E-state index contributed by atoms with van der Waals surface area (Å²) in [5, 5.41) is 0.511. The van der Waals surface area contributed by atoms with Gasteiger partial charge in [-0.05, 0) is 44.0 Å². The van der Waals surface area contributed by atoms with Crippen LogP contribution in [0.5, 0.6) is 0 Å². The Morgan fingerprint density at radius 1 is 1.12 bits per heavy atom. The van der Waals surface area contributed by atoms with Gasteiger partial charge in [0.2, 0.25) is 5.91 Å². The van der Waals surface area contributed by atoms with Crippen LogP contribution in [0.4, 0.5) is 0 Å². The Bertz CT molecular complexity index is 1010. The molecule has 1 heterocycles. The van der Waals surface area contributed by atoms with Crippen LogP contribution in [0.1, 0.15) is 18.1 Å². The van der Waals surface area contributed by atoms with E-state index in [4.69, 9.17) is 5.73 Å². The molecule has 0 bridgehead atoms. The minimum Gasteiger partial charge on any atom is -0.369 e. The summed E-state index contributed by atoms with van der Waals surface area (Å²) in [6, 6.07) is 13.1. The third kappa shape index (κ3) is 3.17. The molecule has 1 aromatic heterocycles. The largest absolute Gasteiger partial charge is 0.369 e.